The van der Waals surface area contributed by atoms with E-state index in [0.717, 1.165) is 19.5 Å². The van der Waals surface area contributed by atoms with Crippen molar-refractivity contribution in [3.05, 3.63) is 0 Å². The van der Waals surface area contributed by atoms with Gasteiger partial charge in [-0.25, -0.2) is 5.43 Å². The van der Waals surface area contributed by atoms with Crippen LogP contribution < -0.4 is 5.43 Å². The summed E-state index contributed by atoms with van der Waals surface area (Å²) in [5.41, 5.74) is 2.88. The van der Waals surface area contributed by atoms with Crippen LogP contribution in [0.4, 0.5) is 0 Å². The van der Waals surface area contributed by atoms with Crippen molar-refractivity contribution in [3.63, 3.8) is 0 Å². The van der Waals surface area contributed by atoms with Gasteiger partial charge in [0.15, 0.2) is 0 Å². The molecule has 1 aliphatic heterocycles. The largest absolute Gasteiger partial charge is 0.337 e. The van der Waals surface area contributed by atoms with E-state index in [1.165, 1.54) is 12.8 Å². The number of amides is 2. The Hall–Kier alpha value is -1.39. The summed E-state index contributed by atoms with van der Waals surface area (Å²) in [6.45, 7) is 3.69. The Balaban J connectivity index is 1.96. The molecule has 17 heavy (non-hydrogen) atoms. The number of nitrogens with one attached hydrogen (secondary N) is 1. The molecule has 1 aliphatic carbocycles. The van der Waals surface area contributed by atoms with Crippen LogP contribution in [0.15, 0.2) is 5.10 Å². The summed E-state index contributed by atoms with van der Waals surface area (Å²) in [5.74, 6) is 0.578. The fourth-order valence-corrected chi connectivity index (χ4v) is 1.97. The van der Waals surface area contributed by atoms with E-state index >= 15 is 0 Å². The predicted octanol–water partition coefficient (Wildman–Crippen LogP) is 0.901. The van der Waals surface area contributed by atoms with Gasteiger partial charge in [0.25, 0.3) is 5.91 Å². The highest BCUT2D eigenvalue weighted by atomic mass is 16.2. The summed E-state index contributed by atoms with van der Waals surface area (Å²) < 4.78 is 0. The molecule has 5 nitrogen and oxygen atoms in total. The maximum absolute atomic E-state index is 12.2. The molecule has 0 atom stereocenters. The van der Waals surface area contributed by atoms with Crippen molar-refractivity contribution in [2.24, 2.45) is 11.0 Å². The van der Waals surface area contributed by atoms with Crippen LogP contribution in [0.25, 0.3) is 0 Å². The molecule has 1 saturated carbocycles. The van der Waals surface area contributed by atoms with Crippen molar-refractivity contribution >= 4 is 17.5 Å². The molecule has 0 radical (unpaired) electrons. The molecular weight excluding hydrogens is 218 g/mol. The standard InChI is InChI=1S/C12H19N3O2/c1-2-7-15(8-9-3-4-9)12(17)10-5-6-11(16)14-13-10/h9H,2-8H2,1H3,(H,14,16). The Morgan fingerprint density at radius 2 is 2.24 bits per heavy atom. The van der Waals surface area contributed by atoms with Gasteiger partial charge in [0.1, 0.15) is 5.71 Å². The van der Waals surface area contributed by atoms with E-state index in [-0.39, 0.29) is 11.8 Å². The third-order valence-electron chi connectivity index (χ3n) is 3.11. The molecule has 5 heteroatoms. The summed E-state index contributed by atoms with van der Waals surface area (Å²) in [6.07, 6.45) is 4.26. The zero-order valence-electron chi connectivity index (χ0n) is 10.2. The SMILES string of the molecule is CCCN(CC1CC1)C(=O)C1=NNC(=O)CC1. The highest BCUT2D eigenvalue weighted by Crippen LogP contribution is 2.29. The molecule has 0 saturated heterocycles. The first-order valence-electron chi connectivity index (χ1n) is 6.35. The lowest BCUT2D eigenvalue weighted by Crippen LogP contribution is -2.41. The molecule has 0 aromatic rings. The first kappa shape index (κ1) is 12.1. The zero-order valence-corrected chi connectivity index (χ0v) is 10.2. The molecule has 0 aromatic heterocycles. The average molecular weight is 237 g/mol. The summed E-state index contributed by atoms with van der Waals surface area (Å²) in [6, 6.07) is 0. The van der Waals surface area contributed by atoms with Crippen LogP contribution in [0.1, 0.15) is 39.0 Å². The number of hydrazone groups is 1. The second kappa shape index (κ2) is 5.29. The van der Waals surface area contributed by atoms with E-state index in [4.69, 9.17) is 0 Å². The normalized spacial score (nSPS) is 19.6. The van der Waals surface area contributed by atoms with Gasteiger partial charge in [-0.1, -0.05) is 6.92 Å². The van der Waals surface area contributed by atoms with Crippen molar-refractivity contribution in [1.82, 2.24) is 10.3 Å². The number of nitrogens with zero attached hydrogens (tertiary/aromatic N) is 2. The van der Waals surface area contributed by atoms with Crippen molar-refractivity contribution < 1.29 is 9.59 Å². The maximum Gasteiger partial charge on any atom is 0.270 e. The van der Waals surface area contributed by atoms with Gasteiger partial charge in [-0.05, 0) is 25.2 Å². The van der Waals surface area contributed by atoms with Crippen molar-refractivity contribution in [3.8, 4) is 0 Å². The van der Waals surface area contributed by atoms with Gasteiger partial charge < -0.3 is 4.90 Å². The zero-order chi connectivity index (χ0) is 12.3. The quantitative estimate of drug-likeness (QED) is 0.772. The Morgan fingerprint density at radius 1 is 1.47 bits per heavy atom. The number of rotatable bonds is 5. The van der Waals surface area contributed by atoms with Crippen molar-refractivity contribution in [2.45, 2.75) is 39.0 Å². The molecule has 0 aromatic carbocycles. The van der Waals surface area contributed by atoms with E-state index in [1.54, 1.807) is 0 Å². The summed E-state index contributed by atoms with van der Waals surface area (Å²) in [5, 5.41) is 3.87. The first-order chi connectivity index (χ1) is 8.20. The molecule has 0 spiro atoms. The summed E-state index contributed by atoms with van der Waals surface area (Å²) in [4.78, 5) is 25.1. The molecule has 94 valence electrons. The highest BCUT2D eigenvalue weighted by Gasteiger charge is 2.29. The summed E-state index contributed by atoms with van der Waals surface area (Å²) in [7, 11) is 0. The number of hydrogen-bond acceptors (Lipinski definition) is 3. The van der Waals surface area contributed by atoms with Crippen LogP contribution in [0.2, 0.25) is 0 Å². The predicted molar refractivity (Wildman–Crippen MR) is 64.4 cm³/mol. The van der Waals surface area contributed by atoms with Crippen LogP contribution in [-0.2, 0) is 9.59 Å². The molecule has 1 heterocycles. The lowest BCUT2D eigenvalue weighted by molar-refractivity contribution is -0.125. The summed E-state index contributed by atoms with van der Waals surface area (Å²) >= 11 is 0. The molecule has 2 aliphatic rings. The van der Waals surface area contributed by atoms with E-state index in [1.807, 2.05) is 4.90 Å². The third-order valence-corrected chi connectivity index (χ3v) is 3.11. The smallest absolute Gasteiger partial charge is 0.270 e. The van der Waals surface area contributed by atoms with Gasteiger partial charge in [-0.15, -0.1) is 0 Å². The van der Waals surface area contributed by atoms with E-state index in [9.17, 15) is 9.59 Å². The average Bonchev–Trinajstić information content (AvgIpc) is 3.13. The Labute approximate surface area is 101 Å². The van der Waals surface area contributed by atoms with E-state index < -0.39 is 0 Å². The molecule has 1 N–H and O–H groups in total. The second-order valence-corrected chi connectivity index (χ2v) is 4.79. The molecule has 0 unspecified atom stereocenters. The van der Waals surface area contributed by atoms with Crippen molar-refractivity contribution in [2.75, 3.05) is 13.1 Å². The second-order valence-electron chi connectivity index (χ2n) is 4.79. The number of carbonyl (C=O) groups is 2. The van der Waals surface area contributed by atoms with Gasteiger partial charge in [-0.3, -0.25) is 9.59 Å². The van der Waals surface area contributed by atoms with Gasteiger partial charge >= 0.3 is 0 Å². The minimum absolute atomic E-state index is 0.00116. The third kappa shape index (κ3) is 3.28. The molecular formula is C12H19N3O2. The topological polar surface area (TPSA) is 61.8 Å². The fourth-order valence-electron chi connectivity index (χ4n) is 1.97. The van der Waals surface area contributed by atoms with Crippen LogP contribution in [0, 0.1) is 5.92 Å². The van der Waals surface area contributed by atoms with E-state index in [0.29, 0.717) is 24.5 Å². The lowest BCUT2D eigenvalue weighted by Gasteiger charge is -2.23. The Kier molecular flexibility index (Phi) is 3.76. The van der Waals surface area contributed by atoms with Gasteiger partial charge in [0, 0.05) is 25.9 Å². The minimum Gasteiger partial charge on any atom is -0.337 e. The lowest BCUT2D eigenvalue weighted by atomic mass is 10.1. The first-order valence-corrected chi connectivity index (χ1v) is 6.35. The highest BCUT2D eigenvalue weighted by molar-refractivity contribution is 6.39. The van der Waals surface area contributed by atoms with E-state index in [2.05, 4.69) is 17.5 Å². The number of hydrogen-bond donors (Lipinski definition) is 1. The Bertz CT molecular complexity index is 348. The molecule has 2 amide bonds. The molecule has 0 bridgehead atoms. The van der Waals surface area contributed by atoms with Crippen LogP contribution in [-0.4, -0.2) is 35.5 Å². The van der Waals surface area contributed by atoms with Crippen LogP contribution in [0.3, 0.4) is 0 Å². The fraction of sp³-hybridized carbons (Fsp3) is 0.750. The van der Waals surface area contributed by atoms with Crippen LogP contribution >= 0.6 is 0 Å². The van der Waals surface area contributed by atoms with Crippen LogP contribution in [0.5, 0.6) is 0 Å². The molecule has 1 fully saturated rings. The van der Waals surface area contributed by atoms with Gasteiger partial charge in [0.2, 0.25) is 5.91 Å². The molecule has 2 rings (SSSR count). The van der Waals surface area contributed by atoms with Crippen molar-refractivity contribution in [1.29, 1.82) is 0 Å². The maximum atomic E-state index is 12.2. The minimum atomic E-state index is -0.106. The Morgan fingerprint density at radius 3 is 2.76 bits per heavy atom. The van der Waals surface area contributed by atoms with Gasteiger partial charge in [0.05, 0.1) is 0 Å². The number of carbonyl (C=O) groups excluding carboxylic acids is 2. The van der Waals surface area contributed by atoms with Gasteiger partial charge in [-0.2, -0.15) is 5.10 Å². The monoisotopic (exact) mass is 237 g/mol.